The van der Waals surface area contributed by atoms with E-state index >= 15 is 4.79 Å². The van der Waals surface area contributed by atoms with Gasteiger partial charge in [0.1, 0.15) is 54.1 Å². The highest BCUT2D eigenvalue weighted by Gasteiger charge is 2.37. The molecule has 0 aliphatic rings. The third kappa shape index (κ3) is 21.8. The van der Waals surface area contributed by atoms with Crippen molar-refractivity contribution in [3.8, 4) is 5.75 Å². The highest BCUT2D eigenvalue weighted by molar-refractivity contribution is 5.99. The second-order valence-corrected chi connectivity index (χ2v) is 23.0. The minimum absolute atomic E-state index is 0.0229. The van der Waals surface area contributed by atoms with E-state index in [2.05, 4.69) is 72.4 Å². The van der Waals surface area contributed by atoms with Crippen LogP contribution in [-0.4, -0.2) is 166 Å². The normalized spacial score (nSPS) is 14.6. The number of carbonyl (C=O) groups is 9. The van der Waals surface area contributed by atoms with Crippen molar-refractivity contribution in [3.05, 3.63) is 138 Å². The first-order chi connectivity index (χ1) is 43.3. The molecule has 0 fully saturated rings. The highest BCUT2D eigenvalue weighted by atomic mass is 16.4. The van der Waals surface area contributed by atoms with Gasteiger partial charge in [-0.1, -0.05) is 88.4 Å². The van der Waals surface area contributed by atoms with Crippen molar-refractivity contribution >= 4 is 70.1 Å². The molecule has 0 radical (unpaired) electrons. The van der Waals surface area contributed by atoms with Gasteiger partial charge in [0.2, 0.25) is 47.3 Å². The molecule has 0 aliphatic heterocycles. The molecule has 488 valence electrons. The van der Waals surface area contributed by atoms with Gasteiger partial charge in [-0.3, -0.25) is 43.3 Å². The van der Waals surface area contributed by atoms with Crippen LogP contribution >= 0.6 is 0 Å². The molecule has 10 atom stereocenters. The smallest absolute Gasteiger partial charge is 0.326 e. The number of hydrogen-bond acceptors (Lipinski definition) is 15. The molecule has 0 unspecified atom stereocenters. The number of nitrogens with one attached hydrogen (secondary N) is 11. The first kappa shape index (κ1) is 69.9. The quantitative estimate of drug-likeness (QED) is 0.0132. The number of H-pyrrole nitrogens is 3. The largest absolute Gasteiger partial charge is 0.508 e. The number of carboxylic acid groups (broad SMARTS) is 1. The van der Waals surface area contributed by atoms with E-state index in [9.17, 15) is 53.7 Å². The molecule has 3 aromatic heterocycles. The predicted octanol–water partition coefficient (Wildman–Crippen LogP) is -0.740. The molecular weight excluding hydrogens is 1170 g/mol. The number of nitrogens with zero attached hydrogens (tertiary/aromatic N) is 3. The van der Waals surface area contributed by atoms with Crippen LogP contribution < -0.4 is 59.7 Å². The first-order valence-electron chi connectivity index (χ1n) is 29.8. The van der Waals surface area contributed by atoms with E-state index in [1.54, 1.807) is 56.4 Å². The lowest BCUT2D eigenvalue weighted by molar-refractivity contribution is -0.143. The molecule has 0 spiro atoms. The summed E-state index contributed by atoms with van der Waals surface area (Å²) >= 11 is 0. The van der Waals surface area contributed by atoms with Crippen molar-refractivity contribution in [2.45, 2.75) is 146 Å². The fraction of sp³-hybridized carbons (Fsp3) is 0.419. The van der Waals surface area contributed by atoms with Crippen LogP contribution in [0, 0.1) is 11.8 Å². The summed E-state index contributed by atoms with van der Waals surface area (Å²) in [6.45, 7) is 8.07. The molecule has 0 saturated heterocycles. The number of phenolic OH excluding ortho intramolecular Hbond substituents is 1. The fourth-order valence-corrected chi connectivity index (χ4v) is 9.95. The number of aliphatic hydroxyl groups is 1. The molecule has 0 saturated carbocycles. The van der Waals surface area contributed by atoms with Gasteiger partial charge < -0.3 is 90.0 Å². The van der Waals surface area contributed by atoms with Crippen LogP contribution in [0.5, 0.6) is 5.75 Å². The number of hydrogen-bond donors (Lipinski definition) is 17. The maximum absolute atomic E-state index is 15.0. The summed E-state index contributed by atoms with van der Waals surface area (Å²) in [5.74, 6) is -9.39. The van der Waals surface area contributed by atoms with Crippen LogP contribution in [-0.2, 0) is 75.3 Å². The van der Waals surface area contributed by atoms with Crippen molar-refractivity contribution < 1.29 is 58.5 Å². The number of carbonyl (C=O) groups excluding carboxylic acids is 8. The first-order valence-corrected chi connectivity index (χ1v) is 29.8. The second-order valence-electron chi connectivity index (χ2n) is 23.0. The van der Waals surface area contributed by atoms with Gasteiger partial charge in [-0.25, -0.2) is 14.8 Å². The van der Waals surface area contributed by atoms with Crippen LogP contribution in [0.25, 0.3) is 10.9 Å². The number of para-hydroxylation sites is 1. The number of aliphatic carboxylic acids is 1. The second kappa shape index (κ2) is 34.0. The summed E-state index contributed by atoms with van der Waals surface area (Å²) in [4.78, 5) is 149. The summed E-state index contributed by atoms with van der Waals surface area (Å²) < 4.78 is 0. The van der Waals surface area contributed by atoms with Crippen molar-refractivity contribution in [2.24, 2.45) is 34.0 Å². The summed E-state index contributed by atoms with van der Waals surface area (Å²) in [7, 11) is 0. The van der Waals surface area contributed by atoms with E-state index in [0.717, 1.165) is 5.56 Å². The lowest BCUT2D eigenvalue weighted by atomic mass is 10.00. The Kier molecular flexibility index (Phi) is 26.1. The van der Waals surface area contributed by atoms with Gasteiger partial charge in [0.15, 0.2) is 5.96 Å². The third-order valence-corrected chi connectivity index (χ3v) is 14.8. The molecule has 3 aromatic carbocycles. The van der Waals surface area contributed by atoms with Gasteiger partial charge in [-0.2, -0.15) is 0 Å². The SMILES string of the molecule is CC(C)C[C@H](NC(=O)[C@@H](N)Cc1ccccc1)C(=O)N[C@H](C(=O)N[C@@H](Cc1c[nH]c2ccccc12)C(=O)N[C@@H](Cc1cnc[nH]1)C(=O)N[C@@H](CCCN=C(N)N)C(=O)N[C@@H](Cc1ccc(O)cc1)C(=O)N[C@@H](Cc1cnc[nH]1)C(=O)N[C@H](C(=O)O)C(C)C)[C@@H](C)O. The van der Waals surface area contributed by atoms with Crippen LogP contribution in [0.2, 0.25) is 0 Å². The molecule has 6 aromatic rings. The number of rotatable bonds is 35. The number of aliphatic hydroxyl groups excluding tert-OH is 1. The molecule has 6 rings (SSSR count). The molecule has 3 heterocycles. The number of aromatic hydroxyl groups is 1. The molecule has 8 amide bonds. The van der Waals surface area contributed by atoms with Gasteiger partial charge in [0.05, 0.1) is 24.8 Å². The number of imidazole rings is 2. The van der Waals surface area contributed by atoms with Crippen molar-refractivity contribution in [3.63, 3.8) is 0 Å². The number of amides is 8. The van der Waals surface area contributed by atoms with E-state index in [0.29, 0.717) is 33.4 Å². The minimum atomic E-state index is -1.70. The Bertz CT molecular complexity index is 3410. The van der Waals surface area contributed by atoms with E-state index in [1.807, 2.05) is 32.0 Å². The van der Waals surface area contributed by atoms with E-state index in [4.69, 9.17) is 17.2 Å². The monoisotopic (exact) mass is 1260 g/mol. The summed E-state index contributed by atoms with van der Waals surface area (Å²) in [5.41, 5.74) is 20.7. The van der Waals surface area contributed by atoms with Gasteiger partial charge in [0, 0.05) is 73.1 Å². The topological polar surface area (TPSA) is 474 Å². The number of aromatic nitrogens is 5. The highest BCUT2D eigenvalue weighted by Crippen LogP contribution is 2.21. The third-order valence-electron chi connectivity index (χ3n) is 14.8. The summed E-state index contributed by atoms with van der Waals surface area (Å²) in [6.07, 6.45) is 4.84. The summed E-state index contributed by atoms with van der Waals surface area (Å²) in [5, 5.41) is 53.1. The molecule has 0 bridgehead atoms. The molecular formula is C62H83N17O12. The predicted molar refractivity (Wildman–Crippen MR) is 335 cm³/mol. The van der Waals surface area contributed by atoms with Crippen LogP contribution in [0.4, 0.5) is 0 Å². The molecule has 0 aliphatic carbocycles. The average Bonchev–Trinajstić information content (AvgIpc) is 2.48. The van der Waals surface area contributed by atoms with Crippen molar-refractivity contribution in [2.75, 3.05) is 6.54 Å². The Hall–Kier alpha value is -10.2. The van der Waals surface area contributed by atoms with Gasteiger partial charge in [-0.05, 0) is 79.3 Å². The number of fused-ring (bicyclic) bond motifs is 1. The number of phenols is 1. The number of aliphatic imine (C=N–C) groups is 1. The van der Waals surface area contributed by atoms with Crippen LogP contribution in [0.1, 0.15) is 82.0 Å². The van der Waals surface area contributed by atoms with Crippen molar-refractivity contribution in [1.29, 1.82) is 0 Å². The van der Waals surface area contributed by atoms with E-state index in [-0.39, 0.29) is 75.5 Å². The van der Waals surface area contributed by atoms with Crippen LogP contribution in [0.3, 0.4) is 0 Å². The van der Waals surface area contributed by atoms with E-state index in [1.165, 1.54) is 56.2 Å². The zero-order valence-corrected chi connectivity index (χ0v) is 51.3. The fourth-order valence-electron chi connectivity index (χ4n) is 9.95. The Morgan fingerprint density at radius 2 is 1.02 bits per heavy atom. The number of carboxylic acids is 1. The van der Waals surface area contributed by atoms with Crippen molar-refractivity contribution in [1.82, 2.24) is 67.5 Å². The molecule has 91 heavy (non-hydrogen) atoms. The van der Waals surface area contributed by atoms with Gasteiger partial charge in [0.25, 0.3) is 0 Å². The standard InChI is InChI=1S/C62H83N17O12/c1-33(2)22-46(73-53(82)43(63)23-36-12-7-6-8-13-36)58(87)79-52(35(5)80)60(89)77-48(25-38-28-69-44-15-10-9-14-42(38)44)56(85)75-49(26-39-29-66-31-70-39)57(86)72-45(16-11-21-68-62(64)65)54(83)74-47(24-37-17-19-41(81)20-18-37)55(84)76-50(27-40-30-67-32-71-40)59(88)78-51(34(3)4)61(90)91/h6-10,12-15,17-20,28-35,43,45-52,69,80-81H,11,16,21-27,63H2,1-5H3,(H,66,70)(H,67,71)(H,72,86)(H,73,82)(H,74,83)(H,75,85)(H,76,84)(H,77,89)(H,78,88)(H,79,87)(H,90,91)(H4,64,65,68)/t35-,43+,45+,46+,47+,48+,49+,50+,51+,52+/m1/s1. The number of benzene rings is 3. The van der Waals surface area contributed by atoms with Gasteiger partial charge >= 0.3 is 5.97 Å². The molecule has 20 N–H and O–H groups in total. The maximum Gasteiger partial charge on any atom is 0.326 e. The number of guanidine groups is 1. The summed E-state index contributed by atoms with van der Waals surface area (Å²) in [6, 6.07) is 9.09. The van der Waals surface area contributed by atoms with Gasteiger partial charge in [-0.15, -0.1) is 0 Å². The number of nitrogens with two attached hydrogens (primary N) is 3. The Labute approximate surface area is 525 Å². The Morgan fingerprint density at radius 1 is 0.538 bits per heavy atom. The maximum atomic E-state index is 15.0. The molecule has 29 heteroatoms. The average molecular weight is 1260 g/mol. The van der Waals surface area contributed by atoms with Crippen LogP contribution in [0.15, 0.2) is 115 Å². The lowest BCUT2D eigenvalue weighted by Gasteiger charge is -2.29. The minimum Gasteiger partial charge on any atom is -0.508 e. The van der Waals surface area contributed by atoms with E-state index < -0.39 is 120 Å². The number of aromatic amines is 3. The lowest BCUT2D eigenvalue weighted by Crippen LogP contribution is -2.62. The molecule has 29 nitrogen and oxygen atoms in total. The Balaban J connectivity index is 1.29. The Morgan fingerprint density at radius 3 is 1.56 bits per heavy atom. The zero-order chi connectivity index (χ0) is 66.3. The zero-order valence-electron chi connectivity index (χ0n) is 51.3.